The number of rotatable bonds is 12. The smallest absolute Gasteiger partial charge is 0.250 e. The van der Waals surface area contributed by atoms with Gasteiger partial charge in [0.15, 0.2) is 0 Å². The number of aliphatic hydroxyl groups is 1. The number of aromatic nitrogens is 2. The molecule has 1 aliphatic heterocycles. The molecule has 3 N–H and O–H groups in total. The molecule has 0 bridgehead atoms. The van der Waals surface area contributed by atoms with Crippen molar-refractivity contribution >= 4 is 17.5 Å². The van der Waals surface area contributed by atoms with Crippen molar-refractivity contribution in [2.45, 2.75) is 44.2 Å². The summed E-state index contributed by atoms with van der Waals surface area (Å²) in [5.74, 6) is 0.399. The zero-order valence-electron chi connectivity index (χ0n) is 23.9. The van der Waals surface area contributed by atoms with Gasteiger partial charge in [-0.1, -0.05) is 72.8 Å². The van der Waals surface area contributed by atoms with Crippen molar-refractivity contribution in [2.75, 3.05) is 31.5 Å². The molecule has 1 fully saturated rings. The van der Waals surface area contributed by atoms with Gasteiger partial charge in [0.2, 0.25) is 11.8 Å². The summed E-state index contributed by atoms with van der Waals surface area (Å²) in [7, 11) is 0. The van der Waals surface area contributed by atoms with Crippen molar-refractivity contribution in [1.29, 1.82) is 0 Å². The van der Waals surface area contributed by atoms with Gasteiger partial charge in [-0.2, -0.15) is 0 Å². The first kappa shape index (κ1) is 29.2. The summed E-state index contributed by atoms with van der Waals surface area (Å²) in [6.07, 6.45) is 6.95. The van der Waals surface area contributed by atoms with Gasteiger partial charge in [0.05, 0.1) is 12.5 Å². The number of likely N-dealkylation sites (tertiary alicyclic amines) is 1. The fraction of sp³-hybridized carbons (Fsp3) is 0.324. The Kier molecular flexibility index (Phi) is 10.1. The predicted molar refractivity (Wildman–Crippen MR) is 164 cm³/mol. The van der Waals surface area contributed by atoms with E-state index in [1.165, 1.54) is 0 Å². The summed E-state index contributed by atoms with van der Waals surface area (Å²) in [6.45, 7) is 2.74. The summed E-state index contributed by atoms with van der Waals surface area (Å²) in [6, 6.07) is 26.6. The normalized spacial score (nSPS) is 14.7. The monoisotopic (exact) mass is 565 g/mol. The van der Waals surface area contributed by atoms with Crippen molar-refractivity contribution in [2.24, 2.45) is 0 Å². The number of hydrogen-bond donors (Lipinski definition) is 3. The van der Waals surface area contributed by atoms with E-state index in [1.807, 2.05) is 94.4 Å². The third kappa shape index (κ3) is 7.72. The molecule has 1 aliphatic rings. The van der Waals surface area contributed by atoms with Crippen molar-refractivity contribution in [3.05, 3.63) is 120 Å². The highest BCUT2D eigenvalue weighted by Crippen LogP contribution is 2.25. The van der Waals surface area contributed by atoms with E-state index < -0.39 is 12.1 Å². The van der Waals surface area contributed by atoms with Crippen molar-refractivity contribution in [3.8, 4) is 0 Å². The molecule has 1 aromatic heterocycles. The first-order chi connectivity index (χ1) is 20.6. The fourth-order valence-corrected chi connectivity index (χ4v) is 5.43. The Morgan fingerprint density at radius 2 is 1.52 bits per heavy atom. The Bertz CT molecular complexity index is 1420. The second-order valence-electron chi connectivity index (χ2n) is 10.8. The van der Waals surface area contributed by atoms with Crippen LogP contribution in [0.3, 0.4) is 0 Å². The van der Waals surface area contributed by atoms with E-state index in [9.17, 15) is 14.7 Å². The van der Waals surface area contributed by atoms with Gasteiger partial charge in [0.25, 0.3) is 0 Å². The third-order valence-electron chi connectivity index (χ3n) is 7.71. The minimum atomic E-state index is -0.559. The SMILES string of the molecule is O=C(Cc1nccn1C(C(=O)N1CCCCC1)c1ccccc1)Nc1ccc(CCNC[C@H](O)c2ccccc2)cc1. The van der Waals surface area contributed by atoms with Crippen LogP contribution in [0.1, 0.15) is 53.9 Å². The first-order valence-corrected chi connectivity index (χ1v) is 14.8. The van der Waals surface area contributed by atoms with Gasteiger partial charge in [0.1, 0.15) is 11.9 Å². The lowest BCUT2D eigenvalue weighted by Crippen LogP contribution is -2.41. The summed E-state index contributed by atoms with van der Waals surface area (Å²) < 4.78 is 1.84. The molecular formula is C34H39N5O3. The number of carbonyl (C=O) groups excluding carboxylic acids is 2. The zero-order chi connectivity index (χ0) is 29.1. The maximum atomic E-state index is 13.7. The maximum Gasteiger partial charge on any atom is 0.250 e. The summed E-state index contributed by atoms with van der Waals surface area (Å²) in [4.78, 5) is 33.2. The van der Waals surface area contributed by atoms with E-state index in [1.54, 1.807) is 12.4 Å². The highest BCUT2D eigenvalue weighted by atomic mass is 16.3. The average molecular weight is 566 g/mol. The van der Waals surface area contributed by atoms with Crippen molar-refractivity contribution in [3.63, 3.8) is 0 Å². The van der Waals surface area contributed by atoms with E-state index in [-0.39, 0.29) is 18.2 Å². The van der Waals surface area contributed by atoms with Crippen LogP contribution in [0.4, 0.5) is 5.69 Å². The topological polar surface area (TPSA) is 99.5 Å². The lowest BCUT2D eigenvalue weighted by Gasteiger charge is -2.31. The molecule has 8 nitrogen and oxygen atoms in total. The summed E-state index contributed by atoms with van der Waals surface area (Å²) >= 11 is 0. The Morgan fingerprint density at radius 1 is 0.857 bits per heavy atom. The lowest BCUT2D eigenvalue weighted by atomic mass is 10.0. The zero-order valence-corrected chi connectivity index (χ0v) is 23.9. The number of hydrogen-bond acceptors (Lipinski definition) is 5. The second-order valence-corrected chi connectivity index (χ2v) is 10.8. The molecule has 2 heterocycles. The minimum Gasteiger partial charge on any atom is -0.387 e. The lowest BCUT2D eigenvalue weighted by molar-refractivity contribution is -0.134. The van der Waals surface area contributed by atoms with Crippen LogP contribution in [0, 0.1) is 0 Å². The molecule has 2 atom stereocenters. The molecule has 1 saturated heterocycles. The first-order valence-electron chi connectivity index (χ1n) is 14.8. The largest absolute Gasteiger partial charge is 0.387 e. The summed E-state index contributed by atoms with van der Waals surface area (Å²) in [5.41, 5.74) is 3.62. The predicted octanol–water partition coefficient (Wildman–Crippen LogP) is 4.53. The van der Waals surface area contributed by atoms with Gasteiger partial charge in [0, 0.05) is 37.7 Å². The number of aliphatic hydroxyl groups excluding tert-OH is 1. The Labute approximate surface area is 247 Å². The van der Waals surface area contributed by atoms with Crippen LogP contribution < -0.4 is 10.6 Å². The number of imidazole rings is 1. The molecule has 3 aromatic carbocycles. The van der Waals surface area contributed by atoms with Crippen LogP contribution in [-0.4, -0.2) is 57.6 Å². The number of anilines is 1. The van der Waals surface area contributed by atoms with E-state index >= 15 is 0 Å². The molecule has 0 spiro atoms. The third-order valence-corrected chi connectivity index (χ3v) is 7.71. The van der Waals surface area contributed by atoms with Gasteiger partial charge in [-0.25, -0.2) is 4.98 Å². The highest BCUT2D eigenvalue weighted by Gasteiger charge is 2.30. The van der Waals surface area contributed by atoms with Crippen LogP contribution in [-0.2, 0) is 22.4 Å². The standard InChI is InChI=1S/C34H39N5O3/c40-30(27-10-4-1-5-11-27)25-35-19-18-26-14-16-29(17-15-26)37-32(41)24-31-36-20-23-39(31)33(28-12-6-2-7-13-28)34(42)38-21-8-3-9-22-38/h1-2,4-7,10-17,20,23,30,33,35,40H,3,8-9,18-19,21-22,24-25H2,(H,37,41)/t30-,33?/m0/s1. The van der Waals surface area contributed by atoms with Gasteiger partial charge in [-0.05, 0) is 61.1 Å². The molecule has 1 unspecified atom stereocenters. The molecule has 42 heavy (non-hydrogen) atoms. The Hall–Kier alpha value is -4.27. The number of benzene rings is 3. The van der Waals surface area contributed by atoms with Crippen LogP contribution >= 0.6 is 0 Å². The minimum absolute atomic E-state index is 0.0419. The van der Waals surface area contributed by atoms with Crippen molar-refractivity contribution in [1.82, 2.24) is 19.8 Å². The number of amides is 2. The molecule has 8 heteroatoms. The molecule has 0 radical (unpaired) electrons. The van der Waals surface area contributed by atoms with Gasteiger partial charge >= 0.3 is 0 Å². The second kappa shape index (κ2) is 14.6. The van der Waals surface area contributed by atoms with E-state index in [2.05, 4.69) is 15.6 Å². The highest BCUT2D eigenvalue weighted by molar-refractivity contribution is 5.92. The van der Waals surface area contributed by atoms with Crippen LogP contribution in [0.25, 0.3) is 0 Å². The van der Waals surface area contributed by atoms with Gasteiger partial charge in [-0.15, -0.1) is 0 Å². The molecule has 5 rings (SSSR count). The Morgan fingerprint density at radius 3 is 2.21 bits per heavy atom. The Balaban J connectivity index is 1.16. The molecule has 0 saturated carbocycles. The average Bonchev–Trinajstić information content (AvgIpc) is 3.48. The van der Waals surface area contributed by atoms with Crippen LogP contribution in [0.15, 0.2) is 97.3 Å². The molecule has 2 amide bonds. The molecule has 4 aromatic rings. The quantitative estimate of drug-likeness (QED) is 0.219. The van der Waals surface area contributed by atoms with Gasteiger partial charge < -0.3 is 25.2 Å². The van der Waals surface area contributed by atoms with E-state index in [0.717, 1.165) is 62.0 Å². The summed E-state index contributed by atoms with van der Waals surface area (Å²) in [5, 5.41) is 16.6. The van der Waals surface area contributed by atoms with E-state index in [0.29, 0.717) is 18.1 Å². The van der Waals surface area contributed by atoms with Crippen molar-refractivity contribution < 1.29 is 14.7 Å². The molecule has 0 aliphatic carbocycles. The number of carbonyl (C=O) groups is 2. The number of piperidine rings is 1. The maximum absolute atomic E-state index is 13.7. The molecular weight excluding hydrogens is 526 g/mol. The number of nitrogens with one attached hydrogen (secondary N) is 2. The fourth-order valence-electron chi connectivity index (χ4n) is 5.43. The van der Waals surface area contributed by atoms with Gasteiger partial charge in [-0.3, -0.25) is 9.59 Å². The number of nitrogens with zero attached hydrogens (tertiary/aromatic N) is 3. The van der Waals surface area contributed by atoms with E-state index in [4.69, 9.17) is 0 Å². The molecule has 218 valence electrons. The van der Waals surface area contributed by atoms with Crippen LogP contribution in [0.2, 0.25) is 0 Å². The van der Waals surface area contributed by atoms with Crippen LogP contribution in [0.5, 0.6) is 0 Å².